The highest BCUT2D eigenvalue weighted by Crippen LogP contribution is 2.47. The number of hydrogen-bond acceptors (Lipinski definition) is 6. The molecule has 2 atom stereocenters. The van der Waals surface area contributed by atoms with E-state index < -0.39 is 0 Å². The maximum Gasteiger partial charge on any atom is 0.213 e. The van der Waals surface area contributed by atoms with Crippen LogP contribution in [-0.4, -0.2) is 29.9 Å². The monoisotopic (exact) mass is 387 g/mol. The molecule has 29 heavy (non-hydrogen) atoms. The molecule has 0 radical (unpaired) electrons. The first kappa shape index (κ1) is 17.6. The van der Waals surface area contributed by atoms with Gasteiger partial charge in [0.25, 0.3) is 0 Å². The predicted molar refractivity (Wildman–Crippen MR) is 109 cm³/mol. The zero-order chi connectivity index (χ0) is 19.8. The van der Waals surface area contributed by atoms with Gasteiger partial charge in [-0.1, -0.05) is 18.2 Å². The van der Waals surface area contributed by atoms with Crippen molar-refractivity contribution < 1.29 is 14.2 Å². The standard InChI is InChI=1S/C23H21N3O3/c1-27-21-8-7-16(13-22(21)28-2)18-14-19-17-5-3-4-6-20(17)29-23(26(19)25-18)15-9-11-24-12-10-15/h3-13,19,23H,14H2,1-2H3. The second kappa shape index (κ2) is 7.13. The van der Waals surface area contributed by atoms with Crippen LogP contribution in [0, 0.1) is 0 Å². The van der Waals surface area contributed by atoms with Crippen LogP contribution in [-0.2, 0) is 0 Å². The van der Waals surface area contributed by atoms with Gasteiger partial charge in [0.1, 0.15) is 5.75 Å². The van der Waals surface area contributed by atoms with Gasteiger partial charge in [-0.25, -0.2) is 5.01 Å². The molecule has 2 aliphatic heterocycles. The lowest BCUT2D eigenvalue weighted by molar-refractivity contribution is -0.0190. The summed E-state index contributed by atoms with van der Waals surface area (Å²) in [6, 6.07) is 18.2. The van der Waals surface area contributed by atoms with E-state index in [2.05, 4.69) is 16.1 Å². The maximum absolute atomic E-state index is 6.34. The molecular formula is C23H21N3O3. The minimum Gasteiger partial charge on any atom is -0.493 e. The Bertz CT molecular complexity index is 1070. The summed E-state index contributed by atoms with van der Waals surface area (Å²) in [5.41, 5.74) is 4.19. The average molecular weight is 387 g/mol. The van der Waals surface area contributed by atoms with E-state index >= 15 is 0 Å². The number of benzene rings is 2. The van der Waals surface area contributed by atoms with Crippen molar-refractivity contribution in [3.8, 4) is 17.2 Å². The van der Waals surface area contributed by atoms with Crippen molar-refractivity contribution in [2.75, 3.05) is 14.2 Å². The van der Waals surface area contributed by atoms with Gasteiger partial charge in [-0.2, -0.15) is 5.10 Å². The van der Waals surface area contributed by atoms with E-state index in [0.29, 0.717) is 11.5 Å². The Kier molecular flexibility index (Phi) is 4.31. The highest BCUT2D eigenvalue weighted by Gasteiger charge is 2.40. The van der Waals surface area contributed by atoms with Crippen molar-refractivity contribution in [1.29, 1.82) is 0 Å². The average Bonchev–Trinajstić information content (AvgIpc) is 3.24. The normalized spacial score (nSPS) is 19.7. The molecule has 0 saturated carbocycles. The summed E-state index contributed by atoms with van der Waals surface area (Å²) < 4.78 is 17.2. The zero-order valence-electron chi connectivity index (χ0n) is 16.3. The zero-order valence-corrected chi connectivity index (χ0v) is 16.3. The summed E-state index contributed by atoms with van der Waals surface area (Å²) >= 11 is 0. The maximum atomic E-state index is 6.34. The van der Waals surface area contributed by atoms with Crippen LogP contribution in [0.15, 0.2) is 72.1 Å². The molecule has 2 aliphatic rings. The van der Waals surface area contributed by atoms with Gasteiger partial charge in [0, 0.05) is 35.5 Å². The Labute approximate surface area is 169 Å². The first-order valence-electron chi connectivity index (χ1n) is 9.52. The number of hydrazone groups is 1. The van der Waals surface area contributed by atoms with Crippen LogP contribution in [0.25, 0.3) is 0 Å². The van der Waals surface area contributed by atoms with Gasteiger partial charge in [0.15, 0.2) is 11.5 Å². The molecule has 0 N–H and O–H groups in total. The molecule has 0 saturated heterocycles. The third-order valence-electron chi connectivity index (χ3n) is 5.41. The van der Waals surface area contributed by atoms with Crippen LogP contribution in [0.5, 0.6) is 17.2 Å². The summed E-state index contributed by atoms with van der Waals surface area (Å²) in [6.45, 7) is 0. The number of hydrogen-bond donors (Lipinski definition) is 0. The molecule has 0 aliphatic carbocycles. The summed E-state index contributed by atoms with van der Waals surface area (Å²) in [6.07, 6.45) is 4.06. The highest BCUT2D eigenvalue weighted by atomic mass is 16.5. The number of fused-ring (bicyclic) bond motifs is 3. The number of nitrogens with zero attached hydrogens (tertiary/aromatic N) is 3. The first-order valence-corrected chi connectivity index (χ1v) is 9.52. The number of para-hydroxylation sites is 1. The van der Waals surface area contributed by atoms with Crippen molar-refractivity contribution in [1.82, 2.24) is 9.99 Å². The lowest BCUT2D eigenvalue weighted by atomic mass is 9.96. The number of rotatable bonds is 4. The SMILES string of the molecule is COc1ccc(C2=NN3C(C2)c2ccccc2OC3c2ccncc2)cc1OC. The van der Waals surface area contributed by atoms with Gasteiger partial charge < -0.3 is 14.2 Å². The Morgan fingerprint density at radius 1 is 0.966 bits per heavy atom. The Hall–Kier alpha value is -3.54. The molecule has 0 fully saturated rings. The van der Waals surface area contributed by atoms with Crippen LogP contribution in [0.3, 0.4) is 0 Å². The van der Waals surface area contributed by atoms with Crippen LogP contribution >= 0.6 is 0 Å². The fourth-order valence-electron chi connectivity index (χ4n) is 3.97. The second-order valence-corrected chi connectivity index (χ2v) is 7.00. The van der Waals surface area contributed by atoms with E-state index in [4.69, 9.17) is 19.3 Å². The first-order chi connectivity index (χ1) is 14.3. The second-order valence-electron chi connectivity index (χ2n) is 7.00. The molecule has 6 nitrogen and oxygen atoms in total. The molecule has 1 aromatic heterocycles. The third kappa shape index (κ3) is 2.97. The molecule has 3 heterocycles. The van der Waals surface area contributed by atoms with Gasteiger partial charge in [0.05, 0.1) is 26.0 Å². The Balaban J connectivity index is 1.57. The topological polar surface area (TPSA) is 56.2 Å². The van der Waals surface area contributed by atoms with Crippen LogP contribution in [0.2, 0.25) is 0 Å². The van der Waals surface area contributed by atoms with Crippen LogP contribution < -0.4 is 14.2 Å². The number of pyridine rings is 1. The van der Waals surface area contributed by atoms with E-state index in [0.717, 1.165) is 34.6 Å². The number of aromatic nitrogens is 1. The molecule has 3 aromatic rings. The third-order valence-corrected chi connectivity index (χ3v) is 5.41. The summed E-state index contributed by atoms with van der Waals surface area (Å²) in [7, 11) is 3.28. The fourth-order valence-corrected chi connectivity index (χ4v) is 3.97. The number of methoxy groups -OCH3 is 2. The van der Waals surface area contributed by atoms with Crippen molar-refractivity contribution >= 4 is 5.71 Å². The lowest BCUT2D eigenvalue weighted by Gasteiger charge is -2.38. The van der Waals surface area contributed by atoms with Crippen molar-refractivity contribution in [3.63, 3.8) is 0 Å². The van der Waals surface area contributed by atoms with E-state index in [1.54, 1.807) is 26.6 Å². The lowest BCUT2D eigenvalue weighted by Crippen LogP contribution is -2.33. The molecule has 146 valence electrons. The fraction of sp³-hybridized carbons (Fsp3) is 0.217. The van der Waals surface area contributed by atoms with E-state index in [9.17, 15) is 0 Å². The quantitative estimate of drug-likeness (QED) is 0.667. The molecule has 5 rings (SSSR count). The Morgan fingerprint density at radius 2 is 1.76 bits per heavy atom. The van der Waals surface area contributed by atoms with E-state index in [1.807, 2.05) is 48.5 Å². The molecule has 6 heteroatoms. The summed E-state index contributed by atoms with van der Waals surface area (Å²) in [4.78, 5) is 4.13. The molecule has 2 aromatic carbocycles. The molecule has 0 bridgehead atoms. The van der Waals surface area contributed by atoms with Crippen molar-refractivity contribution in [3.05, 3.63) is 83.7 Å². The minimum atomic E-state index is -0.296. The van der Waals surface area contributed by atoms with Crippen molar-refractivity contribution in [2.45, 2.75) is 18.7 Å². The van der Waals surface area contributed by atoms with Crippen LogP contribution in [0.1, 0.15) is 35.4 Å². The number of ether oxygens (including phenoxy) is 3. The van der Waals surface area contributed by atoms with Gasteiger partial charge in [-0.3, -0.25) is 4.98 Å². The van der Waals surface area contributed by atoms with Gasteiger partial charge in [0.2, 0.25) is 6.23 Å². The minimum absolute atomic E-state index is 0.112. The van der Waals surface area contributed by atoms with Crippen LogP contribution in [0.4, 0.5) is 0 Å². The van der Waals surface area contributed by atoms with Crippen molar-refractivity contribution in [2.24, 2.45) is 5.10 Å². The molecular weight excluding hydrogens is 366 g/mol. The Morgan fingerprint density at radius 3 is 2.55 bits per heavy atom. The molecule has 0 spiro atoms. The molecule has 0 amide bonds. The van der Waals surface area contributed by atoms with Gasteiger partial charge >= 0.3 is 0 Å². The van der Waals surface area contributed by atoms with Gasteiger partial charge in [-0.15, -0.1) is 0 Å². The largest absolute Gasteiger partial charge is 0.493 e. The van der Waals surface area contributed by atoms with Gasteiger partial charge in [-0.05, 0) is 36.4 Å². The highest BCUT2D eigenvalue weighted by molar-refractivity contribution is 6.02. The smallest absolute Gasteiger partial charge is 0.213 e. The summed E-state index contributed by atoms with van der Waals surface area (Å²) in [5.74, 6) is 2.30. The predicted octanol–water partition coefficient (Wildman–Crippen LogP) is 4.34. The summed E-state index contributed by atoms with van der Waals surface area (Å²) in [5, 5.41) is 7.04. The molecule has 2 unspecified atom stereocenters. The van der Waals surface area contributed by atoms with E-state index in [1.165, 1.54) is 0 Å². The van der Waals surface area contributed by atoms with E-state index in [-0.39, 0.29) is 12.3 Å².